The van der Waals surface area contributed by atoms with E-state index in [0.717, 1.165) is 37.2 Å². The Hall–Kier alpha value is -2.75. The molecule has 0 unspecified atom stereocenters. The SMILES string of the molecule is O=C(CC(=O)c1ccccc1)C/C(=N\N1CCCCC1)c1ccccc1. The lowest BCUT2D eigenvalue weighted by Gasteiger charge is -2.25. The standard InChI is InChI=1S/C22H24N2O2/c25-20(17-22(26)19-12-6-2-7-13-19)16-21(18-10-4-1-5-11-18)23-24-14-8-3-9-15-24/h1-2,4-7,10-13H,3,8-9,14-17H2/b23-21+. The normalized spacial score (nSPS) is 14.9. The number of nitrogens with zero attached hydrogens (tertiary/aromatic N) is 2. The van der Waals surface area contributed by atoms with Crippen molar-refractivity contribution in [3.05, 3.63) is 71.8 Å². The van der Waals surface area contributed by atoms with Crippen LogP contribution in [0.4, 0.5) is 0 Å². The van der Waals surface area contributed by atoms with Crippen molar-refractivity contribution in [2.75, 3.05) is 13.1 Å². The van der Waals surface area contributed by atoms with Crippen molar-refractivity contribution in [1.29, 1.82) is 0 Å². The van der Waals surface area contributed by atoms with E-state index in [1.807, 2.05) is 48.5 Å². The van der Waals surface area contributed by atoms with Crippen LogP contribution >= 0.6 is 0 Å². The number of ketones is 2. The Morgan fingerprint density at radius 1 is 0.769 bits per heavy atom. The molecule has 0 atom stereocenters. The van der Waals surface area contributed by atoms with Crippen molar-refractivity contribution >= 4 is 17.3 Å². The second-order valence-electron chi connectivity index (χ2n) is 6.61. The number of Topliss-reactive ketones (excluding diaryl/α,β-unsaturated/α-hetero) is 2. The van der Waals surface area contributed by atoms with Gasteiger partial charge in [0, 0.05) is 18.7 Å². The average molecular weight is 348 g/mol. The van der Waals surface area contributed by atoms with Crippen LogP contribution in [0.25, 0.3) is 0 Å². The van der Waals surface area contributed by atoms with Crippen molar-refractivity contribution in [3.8, 4) is 0 Å². The summed E-state index contributed by atoms with van der Waals surface area (Å²) in [5.74, 6) is -0.237. The Bertz CT molecular complexity index is 763. The minimum atomic E-state index is -0.138. The average Bonchev–Trinajstić information content (AvgIpc) is 2.69. The van der Waals surface area contributed by atoms with Crippen molar-refractivity contribution < 1.29 is 9.59 Å². The second kappa shape index (κ2) is 9.09. The van der Waals surface area contributed by atoms with Crippen molar-refractivity contribution in [1.82, 2.24) is 5.01 Å². The van der Waals surface area contributed by atoms with E-state index in [1.165, 1.54) is 6.42 Å². The lowest BCUT2D eigenvalue weighted by Crippen LogP contribution is -2.27. The van der Waals surface area contributed by atoms with Crippen molar-refractivity contribution in [3.63, 3.8) is 0 Å². The molecular formula is C22H24N2O2. The van der Waals surface area contributed by atoms with E-state index in [2.05, 4.69) is 5.01 Å². The Kier molecular flexibility index (Phi) is 6.31. The van der Waals surface area contributed by atoms with Gasteiger partial charge in [-0.15, -0.1) is 0 Å². The molecule has 2 aromatic carbocycles. The first-order valence-electron chi connectivity index (χ1n) is 9.20. The molecule has 1 aliphatic heterocycles. The summed E-state index contributed by atoms with van der Waals surface area (Å²) in [5, 5.41) is 6.80. The summed E-state index contributed by atoms with van der Waals surface area (Å²) >= 11 is 0. The fraction of sp³-hybridized carbons (Fsp3) is 0.318. The number of benzene rings is 2. The van der Waals surface area contributed by atoms with E-state index in [0.29, 0.717) is 5.56 Å². The molecule has 0 bridgehead atoms. The van der Waals surface area contributed by atoms with Crippen LogP contribution in [0, 0.1) is 0 Å². The lowest BCUT2D eigenvalue weighted by molar-refractivity contribution is -0.117. The number of hydrogen-bond acceptors (Lipinski definition) is 4. The zero-order valence-corrected chi connectivity index (χ0v) is 14.9. The topological polar surface area (TPSA) is 49.7 Å². The van der Waals surface area contributed by atoms with E-state index in [9.17, 15) is 9.59 Å². The highest BCUT2D eigenvalue weighted by Crippen LogP contribution is 2.14. The number of hydrazone groups is 1. The van der Waals surface area contributed by atoms with Gasteiger partial charge in [-0.3, -0.25) is 14.6 Å². The van der Waals surface area contributed by atoms with Gasteiger partial charge >= 0.3 is 0 Å². The molecule has 26 heavy (non-hydrogen) atoms. The summed E-state index contributed by atoms with van der Waals surface area (Å²) in [6.07, 6.45) is 3.59. The number of hydrogen-bond donors (Lipinski definition) is 0. The van der Waals surface area contributed by atoms with Gasteiger partial charge in [-0.1, -0.05) is 60.7 Å². The number of rotatable bonds is 7. The largest absolute Gasteiger partial charge is 0.299 e. The molecule has 3 rings (SSSR count). The molecule has 2 aromatic rings. The van der Waals surface area contributed by atoms with Crippen LogP contribution in [-0.4, -0.2) is 35.4 Å². The highest BCUT2D eigenvalue weighted by molar-refractivity contribution is 6.16. The summed E-state index contributed by atoms with van der Waals surface area (Å²) in [7, 11) is 0. The van der Waals surface area contributed by atoms with Crippen LogP contribution in [0.15, 0.2) is 65.8 Å². The van der Waals surface area contributed by atoms with Gasteiger partial charge in [0.15, 0.2) is 5.78 Å². The molecule has 0 saturated carbocycles. The van der Waals surface area contributed by atoms with Crippen LogP contribution in [0.1, 0.15) is 48.0 Å². The summed E-state index contributed by atoms with van der Waals surface area (Å²) in [6.45, 7) is 1.85. The highest BCUT2D eigenvalue weighted by Gasteiger charge is 2.17. The Morgan fingerprint density at radius 2 is 1.35 bits per heavy atom. The van der Waals surface area contributed by atoms with Crippen LogP contribution in [-0.2, 0) is 4.79 Å². The van der Waals surface area contributed by atoms with E-state index >= 15 is 0 Å². The summed E-state index contributed by atoms with van der Waals surface area (Å²) in [4.78, 5) is 24.8. The maximum atomic E-state index is 12.5. The lowest BCUT2D eigenvalue weighted by atomic mass is 10.00. The maximum Gasteiger partial charge on any atom is 0.170 e. The molecule has 1 saturated heterocycles. The Morgan fingerprint density at radius 3 is 1.96 bits per heavy atom. The number of carbonyl (C=O) groups is 2. The van der Waals surface area contributed by atoms with Gasteiger partial charge in [0.2, 0.25) is 0 Å². The van der Waals surface area contributed by atoms with Gasteiger partial charge in [0.1, 0.15) is 5.78 Å². The first kappa shape index (κ1) is 18.1. The fourth-order valence-electron chi connectivity index (χ4n) is 3.13. The number of carbonyl (C=O) groups excluding carboxylic acids is 2. The van der Waals surface area contributed by atoms with Gasteiger partial charge in [-0.05, 0) is 24.8 Å². The molecule has 0 amide bonds. The van der Waals surface area contributed by atoms with Gasteiger partial charge in [-0.25, -0.2) is 0 Å². The molecule has 0 aromatic heterocycles. The molecule has 0 radical (unpaired) electrons. The molecule has 134 valence electrons. The van der Waals surface area contributed by atoms with E-state index < -0.39 is 0 Å². The zero-order valence-electron chi connectivity index (χ0n) is 14.9. The van der Waals surface area contributed by atoms with Crippen LogP contribution in [0.2, 0.25) is 0 Å². The highest BCUT2D eigenvalue weighted by atomic mass is 16.1. The van der Waals surface area contributed by atoms with Crippen molar-refractivity contribution in [2.24, 2.45) is 5.10 Å². The molecule has 0 N–H and O–H groups in total. The van der Waals surface area contributed by atoms with Crippen LogP contribution in [0.5, 0.6) is 0 Å². The molecule has 1 fully saturated rings. The maximum absolute atomic E-state index is 12.5. The fourth-order valence-corrected chi connectivity index (χ4v) is 3.13. The summed E-state index contributed by atoms with van der Waals surface area (Å²) in [5.41, 5.74) is 2.27. The first-order valence-corrected chi connectivity index (χ1v) is 9.20. The molecule has 1 aliphatic rings. The monoisotopic (exact) mass is 348 g/mol. The molecule has 4 nitrogen and oxygen atoms in total. The summed E-state index contributed by atoms with van der Waals surface area (Å²) in [6, 6.07) is 18.7. The van der Waals surface area contributed by atoms with Gasteiger partial charge in [-0.2, -0.15) is 5.10 Å². The molecule has 0 spiro atoms. The quantitative estimate of drug-likeness (QED) is 0.430. The third-order valence-corrected chi connectivity index (χ3v) is 4.52. The Labute approximate surface area is 154 Å². The molecular weight excluding hydrogens is 324 g/mol. The predicted molar refractivity (Wildman–Crippen MR) is 103 cm³/mol. The third-order valence-electron chi connectivity index (χ3n) is 4.52. The third kappa shape index (κ3) is 5.12. The van der Waals surface area contributed by atoms with E-state index in [1.54, 1.807) is 12.1 Å². The van der Waals surface area contributed by atoms with Gasteiger partial charge in [0.25, 0.3) is 0 Å². The van der Waals surface area contributed by atoms with Crippen LogP contribution in [0.3, 0.4) is 0 Å². The predicted octanol–water partition coefficient (Wildman–Crippen LogP) is 4.11. The molecule has 0 aliphatic carbocycles. The second-order valence-corrected chi connectivity index (χ2v) is 6.61. The summed E-state index contributed by atoms with van der Waals surface area (Å²) < 4.78 is 0. The van der Waals surface area contributed by atoms with Gasteiger partial charge < -0.3 is 0 Å². The number of piperidine rings is 1. The molecule has 4 heteroatoms. The smallest absolute Gasteiger partial charge is 0.170 e. The van der Waals surface area contributed by atoms with Crippen LogP contribution < -0.4 is 0 Å². The minimum Gasteiger partial charge on any atom is -0.299 e. The molecule has 1 heterocycles. The van der Waals surface area contributed by atoms with E-state index in [4.69, 9.17) is 5.10 Å². The van der Waals surface area contributed by atoms with E-state index in [-0.39, 0.29) is 24.4 Å². The Balaban J connectivity index is 1.71. The minimum absolute atomic E-state index is 0.0874. The zero-order chi connectivity index (χ0) is 18.2. The van der Waals surface area contributed by atoms with Gasteiger partial charge in [0.05, 0.1) is 18.6 Å². The van der Waals surface area contributed by atoms with Crippen molar-refractivity contribution in [2.45, 2.75) is 32.1 Å². The first-order chi connectivity index (χ1) is 12.7.